The highest BCUT2D eigenvalue weighted by Crippen LogP contribution is 2.27. The molecule has 0 radical (unpaired) electrons. The topological polar surface area (TPSA) is 77.8 Å². The molecule has 1 aliphatic heterocycles. The lowest BCUT2D eigenvalue weighted by Crippen LogP contribution is -2.52. The lowest BCUT2D eigenvalue weighted by Gasteiger charge is -2.39. The molecule has 92 valence electrons. The van der Waals surface area contributed by atoms with Gasteiger partial charge in [-0.05, 0) is 5.41 Å². The fourth-order valence-electron chi connectivity index (χ4n) is 1.88. The first kappa shape index (κ1) is 13.0. The highest BCUT2D eigenvalue weighted by molar-refractivity contribution is 5.78. The number of nitrogens with zero attached hydrogens (tertiary/aromatic N) is 1. The molecule has 1 fully saturated rings. The van der Waals surface area contributed by atoms with Gasteiger partial charge < -0.3 is 15.1 Å². The van der Waals surface area contributed by atoms with Gasteiger partial charge in [0.2, 0.25) is 5.91 Å². The first-order chi connectivity index (χ1) is 7.34. The smallest absolute Gasteiger partial charge is 0.303 e. The Labute approximate surface area is 95.1 Å². The molecule has 5 nitrogen and oxygen atoms in total. The molecule has 0 aromatic carbocycles. The van der Waals surface area contributed by atoms with Crippen LogP contribution in [0.2, 0.25) is 0 Å². The maximum atomic E-state index is 11.7. The second-order valence-corrected chi connectivity index (χ2v) is 5.26. The predicted molar refractivity (Wildman–Crippen MR) is 57.8 cm³/mol. The quantitative estimate of drug-likeness (QED) is 0.712. The fraction of sp³-hybridized carbons (Fsp3) is 0.818. The van der Waals surface area contributed by atoms with Crippen LogP contribution in [0.25, 0.3) is 0 Å². The van der Waals surface area contributed by atoms with Crippen molar-refractivity contribution in [1.82, 2.24) is 4.90 Å². The predicted octanol–water partition coefficient (Wildman–Crippen LogP) is 0.328. The molecule has 1 saturated heterocycles. The lowest BCUT2D eigenvalue weighted by molar-refractivity contribution is -0.143. The monoisotopic (exact) mass is 229 g/mol. The van der Waals surface area contributed by atoms with Crippen LogP contribution in [0.1, 0.15) is 26.7 Å². The Morgan fingerprint density at radius 1 is 1.31 bits per heavy atom. The molecule has 0 spiro atoms. The summed E-state index contributed by atoms with van der Waals surface area (Å²) < 4.78 is 0. The molecular formula is C11H19NO4. The first-order valence-corrected chi connectivity index (χ1v) is 5.44. The average Bonchev–Trinajstić information content (AvgIpc) is 1.97. The van der Waals surface area contributed by atoms with Gasteiger partial charge in [-0.3, -0.25) is 9.59 Å². The zero-order valence-corrected chi connectivity index (χ0v) is 9.77. The van der Waals surface area contributed by atoms with E-state index in [-0.39, 0.29) is 31.3 Å². The second-order valence-electron chi connectivity index (χ2n) is 5.26. The minimum Gasteiger partial charge on any atom is -0.481 e. The van der Waals surface area contributed by atoms with Crippen molar-refractivity contribution in [3.63, 3.8) is 0 Å². The molecule has 5 heteroatoms. The third-order valence-corrected chi connectivity index (χ3v) is 2.83. The van der Waals surface area contributed by atoms with E-state index >= 15 is 0 Å². The Kier molecular flexibility index (Phi) is 3.91. The van der Waals surface area contributed by atoms with Crippen molar-refractivity contribution < 1.29 is 19.8 Å². The number of likely N-dealkylation sites (tertiary alicyclic amines) is 1. The van der Waals surface area contributed by atoms with E-state index in [4.69, 9.17) is 10.2 Å². The van der Waals surface area contributed by atoms with Crippen LogP contribution in [0, 0.1) is 11.3 Å². The zero-order chi connectivity index (χ0) is 12.3. The third kappa shape index (κ3) is 3.48. The molecular weight excluding hydrogens is 210 g/mol. The molecule has 0 aromatic heterocycles. The van der Waals surface area contributed by atoms with Gasteiger partial charge in [0.05, 0.1) is 6.42 Å². The largest absolute Gasteiger partial charge is 0.481 e. The fourth-order valence-corrected chi connectivity index (χ4v) is 1.88. The van der Waals surface area contributed by atoms with Gasteiger partial charge in [0.1, 0.15) is 0 Å². The van der Waals surface area contributed by atoms with E-state index in [0.29, 0.717) is 13.1 Å². The molecule has 0 atom stereocenters. The highest BCUT2D eigenvalue weighted by Gasteiger charge is 2.33. The lowest BCUT2D eigenvalue weighted by atomic mass is 9.84. The van der Waals surface area contributed by atoms with E-state index in [1.807, 2.05) is 0 Å². The summed E-state index contributed by atoms with van der Waals surface area (Å²) in [4.78, 5) is 24.0. The normalized spacial score (nSPS) is 17.1. The van der Waals surface area contributed by atoms with Crippen LogP contribution in [-0.4, -0.2) is 46.7 Å². The van der Waals surface area contributed by atoms with E-state index in [9.17, 15) is 9.59 Å². The van der Waals surface area contributed by atoms with E-state index in [0.717, 1.165) is 0 Å². The van der Waals surface area contributed by atoms with Gasteiger partial charge >= 0.3 is 5.97 Å². The number of rotatable bonds is 5. The minimum absolute atomic E-state index is 0.00396. The summed E-state index contributed by atoms with van der Waals surface area (Å²) in [7, 11) is 0. The Morgan fingerprint density at radius 2 is 1.88 bits per heavy atom. The van der Waals surface area contributed by atoms with E-state index in [1.54, 1.807) is 18.7 Å². The zero-order valence-electron chi connectivity index (χ0n) is 9.77. The summed E-state index contributed by atoms with van der Waals surface area (Å²) in [5.74, 6) is -0.697. The van der Waals surface area contributed by atoms with Crippen LogP contribution in [0.15, 0.2) is 0 Å². The molecule has 2 N–H and O–H groups in total. The average molecular weight is 229 g/mol. The van der Waals surface area contributed by atoms with Gasteiger partial charge in [0.25, 0.3) is 0 Å². The van der Waals surface area contributed by atoms with Gasteiger partial charge in [-0.15, -0.1) is 0 Å². The number of aliphatic carboxylic acids is 1. The van der Waals surface area contributed by atoms with Crippen LogP contribution >= 0.6 is 0 Å². The Bertz CT molecular complexity index is 282. The Hall–Kier alpha value is -1.10. The number of carbonyl (C=O) groups excluding carboxylic acids is 1. The summed E-state index contributed by atoms with van der Waals surface area (Å²) in [5.41, 5.74) is -0.507. The molecule has 0 saturated carbocycles. The van der Waals surface area contributed by atoms with Crippen LogP contribution in [0.3, 0.4) is 0 Å². The number of aliphatic hydroxyl groups excluding tert-OH is 1. The molecule has 1 rings (SSSR count). The van der Waals surface area contributed by atoms with Crippen molar-refractivity contribution in [1.29, 1.82) is 0 Å². The first-order valence-electron chi connectivity index (χ1n) is 5.44. The van der Waals surface area contributed by atoms with Crippen molar-refractivity contribution in [2.75, 3.05) is 19.7 Å². The SMILES string of the molecule is CC(C)(CC(=O)O)CC(=O)N1CC(CO)C1. The summed E-state index contributed by atoms with van der Waals surface area (Å²) in [6.45, 7) is 4.87. The van der Waals surface area contributed by atoms with Gasteiger partial charge in [0, 0.05) is 32.0 Å². The summed E-state index contributed by atoms with van der Waals surface area (Å²) in [6.07, 6.45) is 0.244. The van der Waals surface area contributed by atoms with Crippen LogP contribution in [0.5, 0.6) is 0 Å². The molecule has 0 aliphatic carbocycles. The highest BCUT2D eigenvalue weighted by atomic mass is 16.4. The van der Waals surface area contributed by atoms with Crippen LogP contribution in [-0.2, 0) is 9.59 Å². The van der Waals surface area contributed by atoms with E-state index in [2.05, 4.69) is 0 Å². The number of hydrogen-bond acceptors (Lipinski definition) is 3. The molecule has 1 amide bonds. The molecule has 1 aliphatic rings. The molecule has 0 unspecified atom stereocenters. The van der Waals surface area contributed by atoms with Gasteiger partial charge in [-0.2, -0.15) is 0 Å². The van der Waals surface area contributed by atoms with Gasteiger partial charge in [0.15, 0.2) is 0 Å². The molecule has 0 aromatic rings. The van der Waals surface area contributed by atoms with E-state index < -0.39 is 11.4 Å². The maximum Gasteiger partial charge on any atom is 0.303 e. The molecule has 0 bridgehead atoms. The molecule has 1 heterocycles. The number of carbonyl (C=O) groups is 2. The number of carboxylic acid groups (broad SMARTS) is 1. The molecule has 16 heavy (non-hydrogen) atoms. The van der Waals surface area contributed by atoms with Crippen molar-refractivity contribution in [3.8, 4) is 0 Å². The Morgan fingerprint density at radius 3 is 2.31 bits per heavy atom. The number of hydrogen-bond donors (Lipinski definition) is 2. The van der Waals surface area contributed by atoms with Crippen molar-refractivity contribution >= 4 is 11.9 Å². The van der Waals surface area contributed by atoms with Gasteiger partial charge in [-0.1, -0.05) is 13.8 Å². The van der Waals surface area contributed by atoms with Crippen LogP contribution in [0.4, 0.5) is 0 Å². The van der Waals surface area contributed by atoms with Crippen molar-refractivity contribution in [2.24, 2.45) is 11.3 Å². The van der Waals surface area contributed by atoms with Crippen LogP contribution < -0.4 is 0 Å². The standard InChI is InChI=1S/C11H19NO4/c1-11(2,4-10(15)16)3-9(14)12-5-8(6-12)7-13/h8,13H,3-7H2,1-2H3,(H,15,16). The van der Waals surface area contributed by atoms with Gasteiger partial charge in [-0.25, -0.2) is 0 Å². The number of aliphatic hydroxyl groups is 1. The Balaban J connectivity index is 2.37. The number of carboxylic acids is 1. The number of amides is 1. The summed E-state index contributed by atoms with van der Waals surface area (Å²) in [5, 5.41) is 17.5. The third-order valence-electron chi connectivity index (χ3n) is 2.83. The van der Waals surface area contributed by atoms with Crippen molar-refractivity contribution in [3.05, 3.63) is 0 Å². The maximum absolute atomic E-state index is 11.7. The van der Waals surface area contributed by atoms with Crippen molar-refractivity contribution in [2.45, 2.75) is 26.7 Å². The summed E-state index contributed by atoms with van der Waals surface area (Å²) in [6, 6.07) is 0. The summed E-state index contributed by atoms with van der Waals surface area (Å²) >= 11 is 0. The van der Waals surface area contributed by atoms with E-state index in [1.165, 1.54) is 0 Å². The second kappa shape index (κ2) is 4.82. The minimum atomic E-state index is -0.880.